The fourth-order valence-electron chi connectivity index (χ4n) is 0.211. The molecule has 10 heavy (non-hydrogen) atoms. The van der Waals surface area contributed by atoms with Gasteiger partial charge in [-0.05, 0) is 45.9 Å². The summed E-state index contributed by atoms with van der Waals surface area (Å²) in [7, 11) is 0. The molecule has 0 aromatic heterocycles. The van der Waals surface area contributed by atoms with Crippen LogP contribution in [0.5, 0.6) is 0 Å². The van der Waals surface area contributed by atoms with Gasteiger partial charge in [0.1, 0.15) is 0 Å². The average molecular weight is 179 g/mol. The van der Waals surface area contributed by atoms with Gasteiger partial charge in [-0.25, -0.2) is 4.40 Å². The zero-order chi connectivity index (χ0) is 8.62. The van der Waals surface area contributed by atoms with Crippen molar-refractivity contribution in [2.24, 2.45) is 4.40 Å². The molecule has 0 aromatic rings. The predicted molar refractivity (Wildman–Crippen MR) is 56.4 cm³/mol. The van der Waals surface area contributed by atoms with Gasteiger partial charge in [-0.15, -0.1) is 0 Å². The van der Waals surface area contributed by atoms with E-state index in [1.807, 2.05) is 13.1 Å². The first kappa shape index (κ1) is 13.0. The number of hydrogen-bond acceptors (Lipinski definition) is 3. The Morgan fingerprint density at radius 3 is 1.80 bits per heavy atom. The summed E-state index contributed by atoms with van der Waals surface area (Å²) in [5.41, 5.74) is 0. The first-order valence-corrected chi connectivity index (χ1v) is 4.84. The van der Waals surface area contributed by atoms with Gasteiger partial charge >= 0.3 is 0 Å². The lowest BCUT2D eigenvalue weighted by molar-refractivity contribution is 0.804. The van der Waals surface area contributed by atoms with E-state index in [1.54, 1.807) is 18.2 Å². The van der Waals surface area contributed by atoms with Crippen LogP contribution in [0.1, 0.15) is 27.7 Å². The fraction of sp³-hybridized carbons (Fsp3) is 0.857. The zero-order valence-corrected chi connectivity index (χ0v) is 9.09. The minimum Gasteiger partial charge on any atom is -0.229 e. The highest BCUT2D eigenvalue weighted by Gasteiger charge is 2.08. The van der Waals surface area contributed by atoms with Crippen LogP contribution in [0.3, 0.4) is 0 Å². The summed E-state index contributed by atoms with van der Waals surface area (Å²) in [6.45, 7) is 8.36. The van der Waals surface area contributed by atoms with Gasteiger partial charge in [0.2, 0.25) is 0 Å². The van der Waals surface area contributed by atoms with E-state index in [9.17, 15) is 0 Å². The number of thiol groups is 1. The Kier molecular flexibility index (Phi) is 9.72. The van der Waals surface area contributed by atoms with Crippen LogP contribution in [0, 0.1) is 0 Å². The second kappa shape index (κ2) is 7.48. The van der Waals surface area contributed by atoms with E-state index in [1.165, 1.54) is 0 Å². The first-order valence-electron chi connectivity index (χ1n) is 3.17. The van der Waals surface area contributed by atoms with Gasteiger partial charge in [0, 0.05) is 11.0 Å². The van der Waals surface area contributed by atoms with Gasteiger partial charge in [-0.1, -0.05) is 0 Å². The molecule has 0 rings (SSSR count). The van der Waals surface area contributed by atoms with Gasteiger partial charge in [0.25, 0.3) is 0 Å². The lowest BCUT2D eigenvalue weighted by atomic mass is 10.3. The zero-order valence-electron chi connectivity index (χ0n) is 7.38. The maximum absolute atomic E-state index is 4.03. The molecule has 0 saturated heterocycles. The molecule has 0 heterocycles. The van der Waals surface area contributed by atoms with E-state index in [4.69, 9.17) is 0 Å². The molecule has 0 bridgehead atoms. The Bertz CT molecular complexity index is 84.1. The van der Waals surface area contributed by atoms with Gasteiger partial charge in [0.05, 0.1) is 0 Å². The third-order valence-corrected chi connectivity index (χ3v) is 1.30. The van der Waals surface area contributed by atoms with E-state index in [2.05, 4.69) is 37.8 Å². The average Bonchev–Trinajstić information content (AvgIpc) is 1.87. The molecular formula is C7H17NS2. The van der Waals surface area contributed by atoms with Crippen LogP contribution in [-0.4, -0.2) is 17.2 Å². The summed E-state index contributed by atoms with van der Waals surface area (Å²) in [6, 6.07) is 0. The SMILES string of the molecule is C/C=N/SC(C)(C)C.CS. The van der Waals surface area contributed by atoms with E-state index < -0.39 is 0 Å². The maximum Gasteiger partial charge on any atom is 0.0294 e. The topological polar surface area (TPSA) is 12.4 Å². The Morgan fingerprint density at radius 2 is 1.70 bits per heavy atom. The highest BCUT2D eigenvalue weighted by molar-refractivity contribution is 7.99. The highest BCUT2D eigenvalue weighted by Crippen LogP contribution is 2.23. The molecule has 0 aliphatic heterocycles. The van der Waals surface area contributed by atoms with Crippen LogP contribution < -0.4 is 0 Å². The summed E-state index contributed by atoms with van der Waals surface area (Å²) >= 11 is 5.13. The van der Waals surface area contributed by atoms with Crippen LogP contribution in [0.2, 0.25) is 0 Å². The summed E-state index contributed by atoms with van der Waals surface area (Å²) in [5.74, 6) is 0. The molecule has 0 saturated carbocycles. The minimum absolute atomic E-state index is 0.270. The van der Waals surface area contributed by atoms with E-state index in [0.717, 1.165) is 0 Å². The molecule has 0 aliphatic rings. The number of rotatable bonds is 1. The summed E-state index contributed by atoms with van der Waals surface area (Å²) in [5, 5.41) is 0. The molecule has 0 radical (unpaired) electrons. The Labute approximate surface area is 74.2 Å². The first-order chi connectivity index (χ1) is 4.56. The predicted octanol–water partition coefficient (Wildman–Crippen LogP) is 3.07. The maximum atomic E-state index is 4.03. The molecule has 62 valence electrons. The van der Waals surface area contributed by atoms with Crippen molar-refractivity contribution in [2.45, 2.75) is 32.4 Å². The largest absolute Gasteiger partial charge is 0.229 e. The van der Waals surface area contributed by atoms with Crippen LogP contribution >= 0.6 is 24.6 Å². The van der Waals surface area contributed by atoms with Crippen LogP contribution in [0.4, 0.5) is 0 Å². The quantitative estimate of drug-likeness (QED) is 0.371. The molecule has 0 aromatic carbocycles. The van der Waals surface area contributed by atoms with Gasteiger partial charge in [0.15, 0.2) is 0 Å². The van der Waals surface area contributed by atoms with E-state index >= 15 is 0 Å². The van der Waals surface area contributed by atoms with Crippen molar-refractivity contribution < 1.29 is 0 Å². The molecule has 3 heteroatoms. The summed E-state index contributed by atoms with van der Waals surface area (Å²) in [6.07, 6.45) is 3.51. The Morgan fingerprint density at radius 1 is 1.30 bits per heavy atom. The number of hydrogen-bond donors (Lipinski definition) is 1. The Balaban J connectivity index is 0. The standard InChI is InChI=1S/C6H13NS.CH4S/c1-5-7-8-6(2,3)4;1-2/h5H,1-4H3;2H,1H3/b7-5+;. The van der Waals surface area contributed by atoms with Gasteiger partial charge in [-0.2, -0.15) is 12.6 Å². The van der Waals surface area contributed by atoms with Gasteiger partial charge < -0.3 is 0 Å². The molecule has 0 atom stereocenters. The number of nitrogens with zero attached hydrogens (tertiary/aromatic N) is 1. The smallest absolute Gasteiger partial charge is 0.0294 e. The molecule has 0 N–H and O–H groups in total. The molecular weight excluding hydrogens is 162 g/mol. The van der Waals surface area contributed by atoms with Crippen LogP contribution in [0.15, 0.2) is 4.40 Å². The van der Waals surface area contributed by atoms with Gasteiger partial charge in [-0.3, -0.25) is 0 Å². The lowest BCUT2D eigenvalue weighted by Gasteiger charge is -2.11. The molecule has 0 amide bonds. The molecule has 0 fully saturated rings. The second-order valence-electron chi connectivity index (χ2n) is 2.57. The molecule has 0 unspecified atom stereocenters. The van der Waals surface area contributed by atoms with Crippen LogP contribution in [-0.2, 0) is 0 Å². The van der Waals surface area contributed by atoms with Crippen molar-refractivity contribution in [2.75, 3.05) is 6.26 Å². The Hall–Kier alpha value is 0.370. The third-order valence-electron chi connectivity index (χ3n) is 0.432. The molecule has 0 spiro atoms. The van der Waals surface area contributed by atoms with Crippen molar-refractivity contribution in [3.63, 3.8) is 0 Å². The van der Waals surface area contributed by atoms with Crippen molar-refractivity contribution in [3.8, 4) is 0 Å². The monoisotopic (exact) mass is 179 g/mol. The fourth-order valence-corrected chi connectivity index (χ4v) is 0.632. The third kappa shape index (κ3) is 15.8. The summed E-state index contributed by atoms with van der Waals surface area (Å²) < 4.78 is 4.31. The van der Waals surface area contributed by atoms with Crippen molar-refractivity contribution in [3.05, 3.63) is 0 Å². The van der Waals surface area contributed by atoms with Crippen molar-refractivity contribution in [1.29, 1.82) is 0 Å². The highest BCUT2D eigenvalue weighted by atomic mass is 32.2. The minimum atomic E-state index is 0.270. The molecule has 0 aliphatic carbocycles. The van der Waals surface area contributed by atoms with E-state index in [-0.39, 0.29) is 4.75 Å². The lowest BCUT2D eigenvalue weighted by Crippen LogP contribution is -2.04. The normalized spacial score (nSPS) is 11.0. The van der Waals surface area contributed by atoms with Crippen molar-refractivity contribution >= 4 is 30.8 Å². The second-order valence-corrected chi connectivity index (χ2v) is 4.19. The molecule has 1 nitrogen and oxygen atoms in total. The van der Waals surface area contributed by atoms with Crippen molar-refractivity contribution in [1.82, 2.24) is 0 Å². The van der Waals surface area contributed by atoms with Crippen LogP contribution in [0.25, 0.3) is 0 Å². The summed E-state index contributed by atoms with van der Waals surface area (Å²) in [4.78, 5) is 0. The van der Waals surface area contributed by atoms with E-state index in [0.29, 0.717) is 0 Å².